The molecule has 0 radical (unpaired) electrons. The zero-order chi connectivity index (χ0) is 53.3. The van der Waals surface area contributed by atoms with Crippen molar-refractivity contribution < 1.29 is 87.6 Å². The molecule has 0 spiro atoms. The van der Waals surface area contributed by atoms with Crippen LogP contribution in [0.15, 0.2) is 104 Å². The summed E-state index contributed by atoms with van der Waals surface area (Å²) in [5, 5.41) is 15.4. The summed E-state index contributed by atoms with van der Waals surface area (Å²) in [6.45, 7) is 1.93. The number of rotatable bonds is 20. The van der Waals surface area contributed by atoms with Gasteiger partial charge in [0.2, 0.25) is 0 Å². The Hall–Kier alpha value is -7.33. The molecule has 5 rings (SSSR count). The van der Waals surface area contributed by atoms with Gasteiger partial charge in [-0.1, -0.05) is 44.5 Å². The third-order valence-corrected chi connectivity index (χ3v) is 10.2. The van der Waals surface area contributed by atoms with E-state index in [-0.39, 0.29) is 85.5 Å². The van der Waals surface area contributed by atoms with E-state index in [9.17, 15) is 53.9 Å². The van der Waals surface area contributed by atoms with Crippen LogP contribution in [0.1, 0.15) is 70.3 Å². The Morgan fingerprint density at radius 3 is 1.73 bits per heavy atom. The summed E-state index contributed by atoms with van der Waals surface area (Å²) in [6, 6.07) is 14.2. The number of aryl methyl sites for hydroxylation is 1. The Morgan fingerprint density at radius 1 is 0.699 bits per heavy atom. The van der Waals surface area contributed by atoms with Crippen molar-refractivity contribution in [3.05, 3.63) is 153 Å². The number of alkyl halides is 9. The minimum atomic E-state index is -4.92. The molecule has 0 bridgehead atoms. The molecule has 73 heavy (non-hydrogen) atoms. The molecule has 0 aromatic carbocycles. The van der Waals surface area contributed by atoms with Gasteiger partial charge in [-0.25, -0.2) is 4.98 Å². The van der Waals surface area contributed by atoms with Crippen molar-refractivity contribution in [2.24, 2.45) is 0 Å². The van der Waals surface area contributed by atoms with Gasteiger partial charge in [-0.3, -0.25) is 34.7 Å². The maximum absolute atomic E-state index is 13.6. The van der Waals surface area contributed by atoms with Crippen LogP contribution in [0, 0.1) is 5.41 Å². The van der Waals surface area contributed by atoms with Gasteiger partial charge in [0.15, 0.2) is 0 Å². The number of ether oxygens (including phenoxy) is 3. The largest absolute Gasteiger partial charge is 2.00 e. The van der Waals surface area contributed by atoms with E-state index in [1.165, 1.54) is 66.2 Å². The summed E-state index contributed by atoms with van der Waals surface area (Å²) in [6.07, 6.45) is 1.87. The number of thiophene rings is 1. The quantitative estimate of drug-likeness (QED) is 0.0114. The first-order valence-electron chi connectivity index (χ1n) is 20.5. The molecule has 0 aliphatic heterocycles. The summed E-state index contributed by atoms with van der Waals surface area (Å²) >= 11 is 5.43. The van der Waals surface area contributed by atoms with Crippen molar-refractivity contribution >= 4 is 88.9 Å². The molecule has 384 valence electrons. The van der Waals surface area contributed by atoms with Crippen LogP contribution < -0.4 is 0 Å². The molecule has 5 aromatic heterocycles. The van der Waals surface area contributed by atoms with Gasteiger partial charge >= 0.3 is 38.0 Å². The summed E-state index contributed by atoms with van der Waals surface area (Å²) < 4.78 is 132. The van der Waals surface area contributed by atoms with E-state index in [4.69, 9.17) is 16.6 Å². The molecule has 2 N–H and O–H groups in total. The van der Waals surface area contributed by atoms with E-state index in [0.29, 0.717) is 6.08 Å². The van der Waals surface area contributed by atoms with E-state index in [1.54, 1.807) is 17.4 Å². The van der Waals surface area contributed by atoms with E-state index in [2.05, 4.69) is 65.4 Å². The number of isothiocyanates is 1. The second kappa shape index (κ2) is 30.5. The van der Waals surface area contributed by atoms with Crippen molar-refractivity contribution in [2.45, 2.75) is 57.6 Å². The van der Waals surface area contributed by atoms with Crippen LogP contribution in [0.3, 0.4) is 0 Å². The van der Waals surface area contributed by atoms with Crippen LogP contribution in [0.5, 0.6) is 0 Å². The van der Waals surface area contributed by atoms with Crippen LogP contribution >= 0.6 is 23.6 Å². The van der Waals surface area contributed by atoms with Crippen molar-refractivity contribution in [2.75, 3.05) is 0 Å². The molecular formula is C48H38F9N7O6RuS2. The number of carbonyl (C=O) groups excluding carboxylic acids is 3. The zero-order valence-corrected chi connectivity index (χ0v) is 40.9. The van der Waals surface area contributed by atoms with Crippen molar-refractivity contribution in [3.8, 4) is 22.8 Å². The fourth-order valence-corrected chi connectivity index (χ4v) is 6.80. The van der Waals surface area contributed by atoms with Gasteiger partial charge in [-0.2, -0.15) is 44.7 Å². The predicted molar refractivity (Wildman–Crippen MR) is 257 cm³/mol. The number of hydrogen-bond donors (Lipinski definition) is 1. The molecule has 0 unspecified atom stereocenters. The molecule has 0 atom stereocenters. The molecule has 0 saturated heterocycles. The minimum absolute atomic E-state index is 0. The Morgan fingerprint density at radius 2 is 1.23 bits per heavy atom. The van der Waals surface area contributed by atoms with Crippen LogP contribution in [-0.2, 0) is 54.5 Å². The van der Waals surface area contributed by atoms with Crippen LogP contribution in [-0.4, -0.2) is 68.8 Å². The molecule has 0 saturated carbocycles. The SMILES string of the molecule is CCCCCCc1ccc(/C=C/c2ccnc(/C([NH-])=C/C(=N)C(F)(F)F)c2)s1.O=CO/C=C(/c1ccnc(-c2cc(/C=C/OC=O)cc(-c3cc(/C(=C/OC=O)C(F)(F)F)ccn3)n2)c1)C(F)(F)F.[N-]=C=S.[Ru+2]. The number of pyridine rings is 4. The van der Waals surface area contributed by atoms with Gasteiger partial charge in [-0.15, -0.1) is 17.0 Å². The fraction of sp³-hybridized carbons (Fsp3) is 0.188. The second-order valence-corrected chi connectivity index (χ2v) is 15.5. The molecule has 0 fully saturated rings. The van der Waals surface area contributed by atoms with E-state index in [1.807, 2.05) is 12.2 Å². The van der Waals surface area contributed by atoms with E-state index in [0.717, 1.165) is 59.8 Å². The van der Waals surface area contributed by atoms with E-state index >= 15 is 0 Å². The number of nitrogens with zero attached hydrogens (tertiary/aromatic N) is 5. The molecular weight excluding hydrogens is 1110 g/mol. The molecule has 0 amide bonds. The van der Waals surface area contributed by atoms with Crippen LogP contribution in [0.25, 0.3) is 69.0 Å². The zero-order valence-electron chi connectivity index (χ0n) is 37.6. The number of allylic oxidation sites excluding steroid dienone is 3. The maximum atomic E-state index is 13.6. The van der Waals surface area contributed by atoms with Crippen LogP contribution in [0.4, 0.5) is 39.5 Å². The van der Waals surface area contributed by atoms with Gasteiger partial charge < -0.3 is 25.4 Å². The average molecular weight is 1150 g/mol. The van der Waals surface area contributed by atoms with Gasteiger partial charge in [-0.05, 0) is 114 Å². The minimum Gasteiger partial charge on any atom is -0.753 e. The number of halogens is 9. The summed E-state index contributed by atoms with van der Waals surface area (Å²) in [5.41, 5.74) is 3.04. The van der Waals surface area contributed by atoms with Crippen LogP contribution in [0.2, 0.25) is 0 Å². The van der Waals surface area contributed by atoms with Gasteiger partial charge in [0, 0.05) is 34.0 Å². The third-order valence-electron chi connectivity index (χ3n) is 9.06. The Labute approximate surface area is 433 Å². The number of hydrogen-bond acceptors (Lipinski definition) is 13. The van der Waals surface area contributed by atoms with E-state index < -0.39 is 52.2 Å². The summed E-state index contributed by atoms with van der Waals surface area (Å²) in [7, 11) is 0. The van der Waals surface area contributed by atoms with Crippen molar-refractivity contribution in [3.63, 3.8) is 0 Å². The first kappa shape index (κ1) is 61.8. The monoisotopic (exact) mass is 1150 g/mol. The number of thiocarbonyl (C=S) groups is 1. The smallest absolute Gasteiger partial charge is 0.753 e. The Balaban J connectivity index is 0.000000497. The van der Waals surface area contributed by atoms with Gasteiger partial charge in [0.05, 0.1) is 40.2 Å². The Kier molecular flexibility index (Phi) is 25.8. The standard InChI is InChI=1S/C26H15F6N3O6.C21H23F3N3S.CNS.Ru/c27-25(28,29)19(11-40-14-37)17-1-4-33-21(9-17)23-7-16(3-6-39-13-36)8-24(35-23)22-10-18(2-5-34-22)20(12-41-15-38)26(30,31)32;1-2-3-4-5-6-16-9-10-17(28-16)8-7-15-11-12-27-19(13-15)18(25)14-20(26)21(22,23)24;2-1-3;/h1-15H;7-14,25-26H,2-6H2,1H3;;/q;2*-1;+2/b6-3+,19-11-,20-12-;8-7+,18-14-,26-20?;;. The normalized spacial score (nSPS) is 12.1. The Bertz CT molecular complexity index is 2740. The second-order valence-electron chi connectivity index (χ2n) is 14.1. The fourth-order valence-electron chi connectivity index (χ4n) is 5.85. The number of unbranched alkanes of at least 4 members (excludes halogenated alkanes) is 3. The summed E-state index contributed by atoms with van der Waals surface area (Å²) in [4.78, 5) is 50.2. The maximum Gasteiger partial charge on any atom is 2.00 e. The molecule has 5 aromatic rings. The molecule has 13 nitrogen and oxygen atoms in total. The predicted octanol–water partition coefficient (Wildman–Crippen LogP) is 13.6. The molecule has 0 aliphatic carbocycles. The summed E-state index contributed by atoms with van der Waals surface area (Å²) in [5.74, 6) is 0. The third kappa shape index (κ3) is 21.1. The number of nitrogens with one attached hydrogen (secondary N) is 2. The first-order valence-corrected chi connectivity index (χ1v) is 21.7. The van der Waals surface area contributed by atoms with Gasteiger partial charge in [0.25, 0.3) is 19.4 Å². The molecule has 0 aliphatic rings. The first-order chi connectivity index (χ1) is 34.2. The van der Waals surface area contributed by atoms with Gasteiger partial charge in [0.1, 0.15) is 18.2 Å². The number of carbonyl (C=O) groups is 3. The molecule has 5 heterocycles. The molecule has 25 heteroatoms. The van der Waals surface area contributed by atoms with Crippen molar-refractivity contribution in [1.82, 2.24) is 19.9 Å². The average Bonchev–Trinajstić information content (AvgIpc) is 3.80. The van der Waals surface area contributed by atoms with Crippen molar-refractivity contribution in [1.29, 1.82) is 5.41 Å². The number of aromatic nitrogens is 4. The topological polar surface area (TPSA) is 200 Å².